The van der Waals surface area contributed by atoms with E-state index in [2.05, 4.69) is 30.7 Å². The minimum absolute atomic E-state index is 0.118. The van der Waals surface area contributed by atoms with Crippen LogP contribution in [0, 0.1) is 0 Å². The zero-order chi connectivity index (χ0) is 16.4. The Bertz CT molecular complexity index is 574. The molecular weight excluding hydrogens is 290 g/mol. The molecule has 1 aliphatic heterocycles. The van der Waals surface area contributed by atoms with E-state index in [1.54, 1.807) is 13.2 Å². The van der Waals surface area contributed by atoms with Crippen LogP contribution in [-0.4, -0.2) is 49.5 Å². The molecule has 1 saturated heterocycles. The number of fused-ring (bicyclic) bond motifs is 1. The van der Waals surface area contributed by atoms with Gasteiger partial charge in [0.2, 0.25) is 0 Å². The highest BCUT2D eigenvalue weighted by molar-refractivity contribution is 5.46. The van der Waals surface area contributed by atoms with Gasteiger partial charge in [-0.3, -0.25) is 0 Å². The summed E-state index contributed by atoms with van der Waals surface area (Å²) in [6.07, 6.45) is 5.45. The van der Waals surface area contributed by atoms with E-state index >= 15 is 0 Å². The summed E-state index contributed by atoms with van der Waals surface area (Å²) in [6.45, 7) is 5.26. The van der Waals surface area contributed by atoms with Gasteiger partial charge in [-0.15, -0.1) is 0 Å². The van der Waals surface area contributed by atoms with Gasteiger partial charge >= 0.3 is 0 Å². The number of methoxy groups -OCH3 is 1. The molecule has 3 atom stereocenters. The molecule has 4 nitrogen and oxygen atoms in total. The molecule has 0 amide bonds. The Morgan fingerprint density at radius 1 is 1.39 bits per heavy atom. The molecule has 0 aromatic heterocycles. The first-order valence-electron chi connectivity index (χ1n) is 8.41. The van der Waals surface area contributed by atoms with Crippen molar-refractivity contribution in [1.29, 1.82) is 0 Å². The van der Waals surface area contributed by atoms with Gasteiger partial charge in [0.05, 0.1) is 13.2 Å². The standard InChI is InChI=1S/C19H27NO3/c1-4-11-23-17-12-14(5-6-16(17)22-3)19-8-7-15(21)13-18(19)20(2)10-9-19/h4-6,12,15,18,21H,1,7-11,13H2,2-3H3/t15-,18+,19+/m1/s1. The van der Waals surface area contributed by atoms with Crippen molar-refractivity contribution in [3.8, 4) is 11.5 Å². The van der Waals surface area contributed by atoms with Gasteiger partial charge in [-0.2, -0.15) is 0 Å². The Morgan fingerprint density at radius 3 is 2.96 bits per heavy atom. The Morgan fingerprint density at radius 2 is 2.22 bits per heavy atom. The van der Waals surface area contributed by atoms with Crippen molar-refractivity contribution in [2.45, 2.75) is 43.2 Å². The van der Waals surface area contributed by atoms with E-state index in [9.17, 15) is 5.11 Å². The van der Waals surface area contributed by atoms with E-state index in [0.717, 1.165) is 43.7 Å². The fourth-order valence-corrected chi connectivity index (χ4v) is 4.35. The summed E-state index contributed by atoms with van der Waals surface area (Å²) in [5.74, 6) is 1.53. The van der Waals surface area contributed by atoms with Gasteiger partial charge in [0.25, 0.3) is 0 Å². The van der Waals surface area contributed by atoms with E-state index < -0.39 is 0 Å². The topological polar surface area (TPSA) is 41.9 Å². The van der Waals surface area contributed by atoms with Crippen LogP contribution >= 0.6 is 0 Å². The highest BCUT2D eigenvalue weighted by atomic mass is 16.5. The van der Waals surface area contributed by atoms with Crippen molar-refractivity contribution < 1.29 is 14.6 Å². The molecule has 0 bridgehead atoms. The number of likely N-dealkylation sites (N-methyl/N-ethyl adjacent to an activating group) is 1. The Hall–Kier alpha value is -1.52. The number of rotatable bonds is 5. The Labute approximate surface area is 138 Å². The van der Waals surface area contributed by atoms with Crippen molar-refractivity contribution in [2.75, 3.05) is 27.3 Å². The average Bonchev–Trinajstić information content (AvgIpc) is 2.90. The lowest BCUT2D eigenvalue weighted by Gasteiger charge is -2.43. The zero-order valence-corrected chi connectivity index (χ0v) is 14.1. The second kappa shape index (κ2) is 6.54. The smallest absolute Gasteiger partial charge is 0.161 e. The summed E-state index contributed by atoms with van der Waals surface area (Å²) in [5.41, 5.74) is 1.42. The molecule has 1 aromatic rings. The van der Waals surface area contributed by atoms with Gasteiger partial charge in [-0.05, 0) is 57.0 Å². The first-order valence-corrected chi connectivity index (χ1v) is 8.41. The molecule has 0 radical (unpaired) electrons. The van der Waals surface area contributed by atoms with Crippen LogP contribution in [0.3, 0.4) is 0 Å². The molecule has 126 valence electrons. The lowest BCUT2D eigenvalue weighted by atomic mass is 9.65. The predicted octanol–water partition coefficient (Wildman–Crippen LogP) is 2.75. The zero-order valence-electron chi connectivity index (χ0n) is 14.1. The van der Waals surface area contributed by atoms with Gasteiger partial charge in [0.1, 0.15) is 6.61 Å². The van der Waals surface area contributed by atoms with Crippen molar-refractivity contribution in [1.82, 2.24) is 4.90 Å². The summed E-state index contributed by atoms with van der Waals surface area (Å²) in [7, 11) is 3.83. The van der Waals surface area contributed by atoms with Crippen LogP contribution in [0.4, 0.5) is 0 Å². The molecule has 3 rings (SSSR count). The molecule has 2 aliphatic rings. The summed E-state index contributed by atoms with van der Waals surface area (Å²) in [4.78, 5) is 2.40. The quantitative estimate of drug-likeness (QED) is 0.848. The number of hydrogen-bond acceptors (Lipinski definition) is 4. The second-order valence-corrected chi connectivity index (χ2v) is 6.80. The molecule has 2 fully saturated rings. The van der Waals surface area contributed by atoms with Crippen LogP contribution in [0.2, 0.25) is 0 Å². The molecule has 1 aromatic carbocycles. The van der Waals surface area contributed by atoms with E-state index in [-0.39, 0.29) is 11.5 Å². The lowest BCUT2D eigenvalue weighted by molar-refractivity contribution is 0.0566. The molecule has 0 unspecified atom stereocenters. The molecular formula is C19H27NO3. The fraction of sp³-hybridized carbons (Fsp3) is 0.579. The van der Waals surface area contributed by atoms with E-state index in [4.69, 9.17) is 9.47 Å². The van der Waals surface area contributed by atoms with Crippen molar-refractivity contribution in [3.63, 3.8) is 0 Å². The third-order valence-corrected chi connectivity index (χ3v) is 5.59. The summed E-state index contributed by atoms with van der Waals surface area (Å²) in [6, 6.07) is 6.70. The number of likely N-dealkylation sites (tertiary alicyclic amines) is 1. The Kier molecular flexibility index (Phi) is 4.64. The molecule has 4 heteroatoms. The minimum atomic E-state index is -0.177. The summed E-state index contributed by atoms with van der Waals surface area (Å²) < 4.78 is 11.2. The normalized spacial score (nSPS) is 30.7. The maximum atomic E-state index is 10.1. The largest absolute Gasteiger partial charge is 0.493 e. The summed E-state index contributed by atoms with van der Waals surface area (Å²) in [5, 5.41) is 10.1. The highest BCUT2D eigenvalue weighted by Gasteiger charge is 2.50. The maximum absolute atomic E-state index is 10.1. The third-order valence-electron chi connectivity index (χ3n) is 5.59. The molecule has 1 saturated carbocycles. The van der Waals surface area contributed by atoms with E-state index in [1.807, 2.05) is 6.07 Å². The van der Waals surface area contributed by atoms with Crippen LogP contribution in [0.15, 0.2) is 30.9 Å². The molecule has 1 aliphatic carbocycles. The molecule has 1 N–H and O–H groups in total. The van der Waals surface area contributed by atoms with Crippen LogP contribution in [-0.2, 0) is 5.41 Å². The number of aliphatic hydroxyl groups is 1. The Balaban J connectivity index is 1.97. The number of benzene rings is 1. The summed E-state index contributed by atoms with van der Waals surface area (Å²) >= 11 is 0. The number of aliphatic hydroxyl groups excluding tert-OH is 1. The number of nitrogens with zero attached hydrogens (tertiary/aromatic N) is 1. The van der Waals surface area contributed by atoms with E-state index in [1.165, 1.54) is 5.56 Å². The minimum Gasteiger partial charge on any atom is -0.493 e. The molecule has 23 heavy (non-hydrogen) atoms. The van der Waals surface area contributed by atoms with Crippen LogP contribution < -0.4 is 9.47 Å². The SMILES string of the molecule is C=CCOc1cc([C@@]23CC[C@@H](O)C[C@@H]2N(C)CC3)ccc1OC. The fourth-order valence-electron chi connectivity index (χ4n) is 4.35. The maximum Gasteiger partial charge on any atom is 0.161 e. The molecule has 0 spiro atoms. The van der Waals surface area contributed by atoms with Crippen LogP contribution in [0.5, 0.6) is 11.5 Å². The predicted molar refractivity (Wildman–Crippen MR) is 91.3 cm³/mol. The van der Waals surface area contributed by atoms with Gasteiger partial charge in [-0.25, -0.2) is 0 Å². The van der Waals surface area contributed by atoms with Crippen LogP contribution in [0.1, 0.15) is 31.2 Å². The first kappa shape index (κ1) is 16.3. The lowest BCUT2D eigenvalue weighted by Crippen LogP contribution is -2.47. The van der Waals surface area contributed by atoms with E-state index in [0.29, 0.717) is 12.6 Å². The van der Waals surface area contributed by atoms with Crippen molar-refractivity contribution in [2.24, 2.45) is 0 Å². The highest BCUT2D eigenvalue weighted by Crippen LogP contribution is 2.49. The third kappa shape index (κ3) is 2.86. The number of hydrogen-bond donors (Lipinski definition) is 1. The van der Waals surface area contributed by atoms with Crippen molar-refractivity contribution in [3.05, 3.63) is 36.4 Å². The van der Waals surface area contributed by atoms with Gasteiger partial charge in [0, 0.05) is 11.5 Å². The molecule has 1 heterocycles. The van der Waals surface area contributed by atoms with Gasteiger partial charge in [0.15, 0.2) is 11.5 Å². The van der Waals surface area contributed by atoms with Crippen molar-refractivity contribution >= 4 is 0 Å². The van der Waals surface area contributed by atoms with Gasteiger partial charge < -0.3 is 19.5 Å². The number of ether oxygens (including phenoxy) is 2. The first-order chi connectivity index (χ1) is 11.1. The monoisotopic (exact) mass is 317 g/mol. The second-order valence-electron chi connectivity index (χ2n) is 6.80. The average molecular weight is 317 g/mol. The van der Waals surface area contributed by atoms with Crippen LogP contribution in [0.25, 0.3) is 0 Å². The van der Waals surface area contributed by atoms with Gasteiger partial charge in [-0.1, -0.05) is 18.7 Å².